The van der Waals surface area contributed by atoms with Crippen LogP contribution in [0.1, 0.15) is 21.6 Å². The Morgan fingerprint density at radius 2 is 1.88 bits per heavy atom. The molecule has 2 heterocycles. The zero-order valence-corrected chi connectivity index (χ0v) is 14.3. The summed E-state index contributed by atoms with van der Waals surface area (Å²) in [7, 11) is 0. The topological polar surface area (TPSA) is 75.1 Å². The molecule has 0 aliphatic rings. The number of aryl methyl sites for hydroxylation is 1. The van der Waals surface area contributed by atoms with E-state index < -0.39 is 11.5 Å². The lowest BCUT2D eigenvalue weighted by atomic mass is 10.1. The Kier molecular flexibility index (Phi) is 4.05. The van der Waals surface area contributed by atoms with Gasteiger partial charge in [0.15, 0.2) is 0 Å². The Morgan fingerprint density at radius 1 is 1.12 bits per heavy atom. The Labute approximate surface area is 149 Å². The lowest BCUT2D eigenvalue weighted by Gasteiger charge is -2.06. The molecule has 0 unspecified atom stereocenters. The minimum Gasteiger partial charge on any atom is -0.422 e. The van der Waals surface area contributed by atoms with Gasteiger partial charge in [0.2, 0.25) is 0 Å². The molecule has 5 nitrogen and oxygen atoms in total. The number of carbonyl (C=O) groups is 1. The van der Waals surface area contributed by atoms with E-state index in [0.717, 1.165) is 22.0 Å². The summed E-state index contributed by atoms with van der Waals surface area (Å²) in [6, 6.07) is 16.8. The predicted molar refractivity (Wildman–Crippen MR) is 102 cm³/mol. The van der Waals surface area contributed by atoms with Crippen LogP contribution in [0.25, 0.3) is 21.9 Å². The highest BCUT2D eigenvalue weighted by atomic mass is 16.4. The van der Waals surface area contributed by atoms with Crippen molar-refractivity contribution in [3.63, 3.8) is 0 Å². The minimum absolute atomic E-state index is 0.0272. The van der Waals surface area contributed by atoms with Crippen molar-refractivity contribution in [2.75, 3.05) is 6.54 Å². The molecule has 0 aliphatic heterocycles. The fraction of sp³-hybridized carbons (Fsp3) is 0.143. The largest absolute Gasteiger partial charge is 0.422 e. The molecular weight excluding hydrogens is 328 g/mol. The first-order valence-electron chi connectivity index (χ1n) is 8.51. The molecule has 2 aromatic heterocycles. The fourth-order valence-corrected chi connectivity index (χ4v) is 3.27. The summed E-state index contributed by atoms with van der Waals surface area (Å²) >= 11 is 0. The van der Waals surface area contributed by atoms with E-state index in [-0.39, 0.29) is 5.56 Å². The van der Waals surface area contributed by atoms with E-state index >= 15 is 0 Å². The molecule has 26 heavy (non-hydrogen) atoms. The van der Waals surface area contributed by atoms with Crippen molar-refractivity contribution in [3.8, 4) is 0 Å². The molecule has 0 bridgehead atoms. The summed E-state index contributed by atoms with van der Waals surface area (Å²) in [6.07, 6.45) is 0.681. The number of amides is 1. The smallest absolute Gasteiger partial charge is 0.349 e. The number of H-pyrrole nitrogens is 1. The van der Waals surface area contributed by atoms with Crippen molar-refractivity contribution in [3.05, 3.63) is 81.8 Å². The summed E-state index contributed by atoms with van der Waals surface area (Å²) in [4.78, 5) is 27.8. The molecular formula is C21H18N2O3. The average molecular weight is 346 g/mol. The van der Waals surface area contributed by atoms with Crippen molar-refractivity contribution < 1.29 is 9.21 Å². The van der Waals surface area contributed by atoms with Gasteiger partial charge < -0.3 is 14.7 Å². The van der Waals surface area contributed by atoms with Gasteiger partial charge in [0.05, 0.1) is 0 Å². The number of benzene rings is 2. The van der Waals surface area contributed by atoms with Gasteiger partial charge in [-0.1, -0.05) is 36.4 Å². The number of aromatic nitrogens is 1. The van der Waals surface area contributed by atoms with Crippen molar-refractivity contribution in [2.24, 2.45) is 0 Å². The molecule has 4 aromatic rings. The van der Waals surface area contributed by atoms with Gasteiger partial charge in [-0.3, -0.25) is 4.79 Å². The number of fused-ring (bicyclic) bond motifs is 2. The van der Waals surface area contributed by atoms with Crippen LogP contribution in [0.2, 0.25) is 0 Å². The van der Waals surface area contributed by atoms with Gasteiger partial charge in [0.25, 0.3) is 5.91 Å². The van der Waals surface area contributed by atoms with Gasteiger partial charge in [-0.25, -0.2) is 4.79 Å². The number of aromatic amines is 1. The van der Waals surface area contributed by atoms with Gasteiger partial charge in [0, 0.05) is 28.5 Å². The van der Waals surface area contributed by atoms with Crippen LogP contribution >= 0.6 is 0 Å². The van der Waals surface area contributed by atoms with Crippen LogP contribution in [0.15, 0.2) is 63.8 Å². The lowest BCUT2D eigenvalue weighted by molar-refractivity contribution is 0.0950. The van der Waals surface area contributed by atoms with Crippen molar-refractivity contribution >= 4 is 27.8 Å². The molecule has 130 valence electrons. The number of carbonyl (C=O) groups excluding carboxylic acids is 1. The maximum absolute atomic E-state index is 12.4. The summed E-state index contributed by atoms with van der Waals surface area (Å²) in [6.45, 7) is 2.46. The maximum atomic E-state index is 12.4. The highest BCUT2D eigenvalue weighted by Crippen LogP contribution is 2.22. The standard InChI is InChI=1S/C21H18N2O3/c1-13-15(16-7-3-4-8-18(16)23-13)10-11-22-20(24)17-12-14-6-2-5-9-19(14)26-21(17)25/h2-9,12,23H,10-11H2,1H3,(H,22,24). The first kappa shape index (κ1) is 16.1. The van der Waals surface area contributed by atoms with E-state index in [9.17, 15) is 9.59 Å². The molecule has 0 saturated heterocycles. The van der Waals surface area contributed by atoms with Gasteiger partial charge in [-0.15, -0.1) is 0 Å². The second kappa shape index (κ2) is 6.52. The number of hydrogen-bond donors (Lipinski definition) is 2. The third kappa shape index (κ3) is 2.88. The van der Waals surface area contributed by atoms with Crippen LogP contribution in [0, 0.1) is 6.92 Å². The lowest BCUT2D eigenvalue weighted by Crippen LogP contribution is -2.30. The third-order valence-corrected chi connectivity index (χ3v) is 4.57. The molecule has 0 saturated carbocycles. The Bertz CT molecular complexity index is 1170. The van der Waals surface area contributed by atoms with E-state index in [2.05, 4.69) is 16.4 Å². The highest BCUT2D eigenvalue weighted by molar-refractivity contribution is 5.96. The maximum Gasteiger partial charge on any atom is 0.349 e. The van der Waals surface area contributed by atoms with E-state index in [4.69, 9.17) is 4.42 Å². The predicted octanol–water partition coefficient (Wildman–Crippen LogP) is 3.56. The number of hydrogen-bond acceptors (Lipinski definition) is 3. The summed E-state index contributed by atoms with van der Waals surface area (Å²) < 4.78 is 5.22. The molecule has 0 fully saturated rings. The first-order chi connectivity index (χ1) is 12.6. The number of nitrogens with one attached hydrogen (secondary N) is 2. The summed E-state index contributed by atoms with van der Waals surface area (Å²) in [5.41, 5.74) is 3.23. The zero-order chi connectivity index (χ0) is 18.1. The molecule has 0 aliphatic carbocycles. The van der Waals surface area contributed by atoms with Gasteiger partial charge in [-0.2, -0.15) is 0 Å². The average Bonchev–Trinajstić information content (AvgIpc) is 2.96. The van der Waals surface area contributed by atoms with Crippen LogP contribution in [0.4, 0.5) is 0 Å². The van der Waals surface area contributed by atoms with Crippen molar-refractivity contribution in [1.82, 2.24) is 10.3 Å². The quantitative estimate of drug-likeness (QED) is 0.555. The van der Waals surface area contributed by atoms with Crippen LogP contribution in [-0.2, 0) is 6.42 Å². The molecule has 2 N–H and O–H groups in total. The van der Waals surface area contributed by atoms with Crippen LogP contribution in [0.5, 0.6) is 0 Å². The Hall–Kier alpha value is -3.34. The Morgan fingerprint density at radius 3 is 2.77 bits per heavy atom. The number of rotatable bonds is 4. The molecule has 1 amide bonds. The second-order valence-corrected chi connectivity index (χ2v) is 6.27. The third-order valence-electron chi connectivity index (χ3n) is 4.57. The molecule has 5 heteroatoms. The fourth-order valence-electron chi connectivity index (χ4n) is 3.27. The number of para-hydroxylation sites is 2. The molecule has 2 aromatic carbocycles. The van der Waals surface area contributed by atoms with Crippen LogP contribution < -0.4 is 10.9 Å². The van der Waals surface area contributed by atoms with E-state index in [1.165, 1.54) is 5.56 Å². The Balaban J connectivity index is 1.51. The van der Waals surface area contributed by atoms with Gasteiger partial charge >= 0.3 is 5.63 Å². The van der Waals surface area contributed by atoms with Crippen LogP contribution in [0.3, 0.4) is 0 Å². The molecule has 4 rings (SSSR count). The monoisotopic (exact) mass is 346 g/mol. The van der Waals surface area contributed by atoms with Gasteiger partial charge in [0.1, 0.15) is 11.1 Å². The summed E-state index contributed by atoms with van der Waals surface area (Å²) in [5, 5.41) is 4.71. The zero-order valence-electron chi connectivity index (χ0n) is 14.3. The normalized spacial score (nSPS) is 11.1. The summed E-state index contributed by atoms with van der Waals surface area (Å²) in [5.74, 6) is -0.415. The van der Waals surface area contributed by atoms with E-state index in [1.807, 2.05) is 37.3 Å². The van der Waals surface area contributed by atoms with E-state index in [0.29, 0.717) is 18.5 Å². The SMILES string of the molecule is Cc1[nH]c2ccccc2c1CCNC(=O)c1cc2ccccc2oc1=O. The molecule has 0 atom stereocenters. The minimum atomic E-state index is -0.621. The van der Waals surface area contributed by atoms with Crippen LogP contribution in [-0.4, -0.2) is 17.4 Å². The molecule has 0 spiro atoms. The molecule has 0 radical (unpaired) electrons. The van der Waals surface area contributed by atoms with Crippen molar-refractivity contribution in [1.29, 1.82) is 0 Å². The highest BCUT2D eigenvalue weighted by Gasteiger charge is 2.14. The van der Waals surface area contributed by atoms with Crippen molar-refractivity contribution in [2.45, 2.75) is 13.3 Å². The van der Waals surface area contributed by atoms with Gasteiger partial charge in [-0.05, 0) is 37.1 Å². The van der Waals surface area contributed by atoms with E-state index in [1.54, 1.807) is 18.2 Å². The first-order valence-corrected chi connectivity index (χ1v) is 8.51. The second-order valence-electron chi connectivity index (χ2n) is 6.27.